The van der Waals surface area contributed by atoms with Gasteiger partial charge in [0.25, 0.3) is 0 Å². The van der Waals surface area contributed by atoms with Crippen molar-refractivity contribution in [2.75, 3.05) is 0 Å². The molecule has 0 fully saturated rings. The summed E-state index contributed by atoms with van der Waals surface area (Å²) in [5.74, 6) is 0.309. The van der Waals surface area contributed by atoms with E-state index in [1.54, 1.807) is 0 Å². The smallest absolute Gasteiger partial charge is 0.0333 e. The number of hydrogen-bond acceptors (Lipinski definition) is 0. The normalized spacial score (nSPS) is 15.4. The maximum atomic E-state index is 2.20. The van der Waals surface area contributed by atoms with E-state index in [-0.39, 0.29) is 0 Å². The number of hydrogen-bond donors (Lipinski definition) is 0. The van der Waals surface area contributed by atoms with Crippen LogP contribution in [-0.4, -0.2) is 0 Å². The fourth-order valence-electron chi connectivity index (χ4n) is 2.33. The highest BCUT2D eigenvalue weighted by Crippen LogP contribution is 2.33. The fourth-order valence-corrected chi connectivity index (χ4v) is 2.33. The molecule has 0 spiro atoms. The van der Waals surface area contributed by atoms with Crippen LogP contribution in [0.2, 0.25) is 0 Å². The first-order valence-electron chi connectivity index (χ1n) is 6.91. The minimum Gasteiger partial charge on any atom is -0.0874 e. The number of benzene rings is 1. The minimum absolute atomic E-state index is 0.309. The first-order chi connectivity index (χ1) is 9.28. The van der Waals surface area contributed by atoms with Gasteiger partial charge in [0.15, 0.2) is 0 Å². The highest BCUT2D eigenvalue weighted by Gasteiger charge is 2.16. The van der Waals surface area contributed by atoms with Crippen molar-refractivity contribution >= 4 is 0 Å². The van der Waals surface area contributed by atoms with Gasteiger partial charge in [-0.25, -0.2) is 0 Å². The molecule has 0 aromatic heterocycles. The van der Waals surface area contributed by atoms with E-state index in [2.05, 4.69) is 94.5 Å². The summed E-state index contributed by atoms with van der Waals surface area (Å²) in [6.07, 6.45) is 13.0. The van der Waals surface area contributed by atoms with Gasteiger partial charge in [0.2, 0.25) is 0 Å². The average Bonchev–Trinajstić information content (AvgIpc) is 2.46. The number of allylic oxidation sites excluding steroid dienone is 8. The Bertz CT molecular complexity index is 456. The van der Waals surface area contributed by atoms with Gasteiger partial charge in [-0.1, -0.05) is 66.8 Å². The molecule has 0 aliphatic heterocycles. The van der Waals surface area contributed by atoms with Crippen LogP contribution in [0.3, 0.4) is 0 Å². The molecule has 1 aromatic carbocycles. The zero-order valence-corrected chi connectivity index (χ0v) is 12.4. The van der Waals surface area contributed by atoms with Gasteiger partial charge in [0.1, 0.15) is 0 Å². The Morgan fingerprint density at radius 1 is 0.789 bits per heavy atom. The maximum absolute atomic E-state index is 2.20. The second kappa shape index (κ2) is 8.31. The molecule has 0 N–H and O–H groups in total. The monoisotopic (exact) mass is 252 g/mol. The Morgan fingerprint density at radius 3 is 1.63 bits per heavy atom. The van der Waals surface area contributed by atoms with Crippen molar-refractivity contribution < 1.29 is 0 Å². The lowest BCUT2D eigenvalue weighted by atomic mass is 9.83. The molecule has 0 heterocycles. The standard InChI is InChI=1S/C19H24/c1-5-12-16(7-3)19(17(8-4)13-6-2)18-14-10-9-11-15-18/h5-15,19H,1-4H3/b12-5-,13-6-,16-7+,17-8+. The molecule has 0 amide bonds. The molecule has 19 heavy (non-hydrogen) atoms. The van der Waals surface area contributed by atoms with E-state index >= 15 is 0 Å². The molecule has 0 aliphatic carbocycles. The average molecular weight is 252 g/mol. The van der Waals surface area contributed by atoms with Crippen LogP contribution in [0.25, 0.3) is 0 Å². The van der Waals surface area contributed by atoms with Crippen LogP contribution in [0, 0.1) is 0 Å². The van der Waals surface area contributed by atoms with E-state index in [1.807, 2.05) is 0 Å². The maximum Gasteiger partial charge on any atom is 0.0333 e. The van der Waals surface area contributed by atoms with Crippen molar-refractivity contribution in [1.29, 1.82) is 0 Å². The zero-order valence-electron chi connectivity index (χ0n) is 12.4. The molecule has 1 rings (SSSR count). The Balaban J connectivity index is 3.33. The van der Waals surface area contributed by atoms with Gasteiger partial charge in [0, 0.05) is 5.92 Å². The summed E-state index contributed by atoms with van der Waals surface area (Å²) in [4.78, 5) is 0. The Kier molecular flexibility index (Phi) is 6.67. The second-order valence-corrected chi connectivity index (χ2v) is 4.42. The van der Waals surface area contributed by atoms with Gasteiger partial charge >= 0.3 is 0 Å². The van der Waals surface area contributed by atoms with E-state index in [4.69, 9.17) is 0 Å². The molecule has 1 aromatic rings. The van der Waals surface area contributed by atoms with Gasteiger partial charge in [-0.3, -0.25) is 0 Å². The van der Waals surface area contributed by atoms with Crippen molar-refractivity contribution in [1.82, 2.24) is 0 Å². The van der Waals surface area contributed by atoms with Crippen LogP contribution in [0.4, 0.5) is 0 Å². The fraction of sp³-hybridized carbons (Fsp3) is 0.263. The molecule has 0 unspecified atom stereocenters. The molecule has 0 aliphatic rings. The van der Waals surface area contributed by atoms with Gasteiger partial charge < -0.3 is 0 Å². The molecule has 0 nitrogen and oxygen atoms in total. The summed E-state index contributed by atoms with van der Waals surface area (Å²) in [5.41, 5.74) is 4.00. The first kappa shape index (κ1) is 15.2. The van der Waals surface area contributed by atoms with Crippen molar-refractivity contribution in [2.24, 2.45) is 0 Å². The quantitative estimate of drug-likeness (QED) is 0.580. The molecule has 0 radical (unpaired) electrons. The van der Waals surface area contributed by atoms with Crippen LogP contribution >= 0.6 is 0 Å². The van der Waals surface area contributed by atoms with E-state index in [0.29, 0.717) is 5.92 Å². The lowest BCUT2D eigenvalue weighted by Crippen LogP contribution is -2.04. The van der Waals surface area contributed by atoms with Crippen molar-refractivity contribution in [2.45, 2.75) is 33.6 Å². The molecule has 100 valence electrons. The van der Waals surface area contributed by atoms with Crippen molar-refractivity contribution in [3.8, 4) is 0 Å². The van der Waals surface area contributed by atoms with Crippen LogP contribution < -0.4 is 0 Å². The lowest BCUT2D eigenvalue weighted by Gasteiger charge is -2.20. The minimum atomic E-state index is 0.309. The summed E-state index contributed by atoms with van der Waals surface area (Å²) >= 11 is 0. The SMILES string of the molecule is C/C=C\C(=C/C)C(C(/C=C\C)=C/C)c1ccccc1. The highest BCUT2D eigenvalue weighted by atomic mass is 14.2. The second-order valence-electron chi connectivity index (χ2n) is 4.42. The van der Waals surface area contributed by atoms with Crippen molar-refractivity contribution in [3.63, 3.8) is 0 Å². The van der Waals surface area contributed by atoms with Crippen LogP contribution in [0.15, 0.2) is 77.9 Å². The molecule has 0 atom stereocenters. The lowest BCUT2D eigenvalue weighted by molar-refractivity contribution is 0.968. The van der Waals surface area contributed by atoms with E-state index in [9.17, 15) is 0 Å². The molecule has 0 saturated carbocycles. The summed E-state index contributed by atoms with van der Waals surface area (Å²) in [5, 5.41) is 0. The van der Waals surface area contributed by atoms with Gasteiger partial charge in [-0.05, 0) is 44.4 Å². The van der Waals surface area contributed by atoms with Gasteiger partial charge in [0.05, 0.1) is 0 Å². The van der Waals surface area contributed by atoms with Crippen LogP contribution in [0.1, 0.15) is 39.2 Å². The third-order valence-corrected chi connectivity index (χ3v) is 3.18. The summed E-state index contributed by atoms with van der Waals surface area (Å²) in [6, 6.07) is 10.7. The largest absolute Gasteiger partial charge is 0.0874 e. The molecule has 0 saturated heterocycles. The summed E-state index contributed by atoms with van der Waals surface area (Å²) in [7, 11) is 0. The Labute approximate surface area is 117 Å². The Morgan fingerprint density at radius 2 is 1.26 bits per heavy atom. The highest BCUT2D eigenvalue weighted by molar-refractivity contribution is 5.46. The molecular formula is C19H24. The van der Waals surface area contributed by atoms with E-state index < -0.39 is 0 Å². The zero-order chi connectivity index (χ0) is 14.1. The third kappa shape index (κ3) is 4.10. The Hall–Kier alpha value is -1.82. The summed E-state index contributed by atoms with van der Waals surface area (Å²) in [6.45, 7) is 8.34. The van der Waals surface area contributed by atoms with E-state index in [1.165, 1.54) is 16.7 Å². The van der Waals surface area contributed by atoms with Gasteiger partial charge in [-0.2, -0.15) is 0 Å². The van der Waals surface area contributed by atoms with E-state index in [0.717, 1.165) is 0 Å². The predicted molar refractivity (Wildman–Crippen MR) is 86.3 cm³/mol. The van der Waals surface area contributed by atoms with Crippen LogP contribution in [0.5, 0.6) is 0 Å². The first-order valence-corrected chi connectivity index (χ1v) is 6.91. The van der Waals surface area contributed by atoms with Crippen LogP contribution in [-0.2, 0) is 0 Å². The number of rotatable bonds is 5. The molecular weight excluding hydrogens is 228 g/mol. The third-order valence-electron chi connectivity index (χ3n) is 3.18. The molecule has 0 bridgehead atoms. The van der Waals surface area contributed by atoms with Gasteiger partial charge in [-0.15, -0.1) is 0 Å². The molecule has 0 heteroatoms. The predicted octanol–water partition coefficient (Wildman–Crippen LogP) is 5.82. The van der Waals surface area contributed by atoms with Crippen molar-refractivity contribution in [3.05, 3.63) is 83.5 Å². The topological polar surface area (TPSA) is 0 Å². The summed E-state index contributed by atoms with van der Waals surface area (Å²) < 4.78 is 0.